The maximum Gasteiger partial charge on any atom is 0.314 e. The van der Waals surface area contributed by atoms with Crippen LogP contribution >= 0.6 is 0 Å². The molecular weight excluding hydrogens is 214 g/mol. The van der Waals surface area contributed by atoms with Gasteiger partial charge in [0.25, 0.3) is 0 Å². The summed E-state index contributed by atoms with van der Waals surface area (Å²) in [7, 11) is 0. The fraction of sp³-hybridized carbons (Fsp3) is 0.500. The zero-order chi connectivity index (χ0) is 12.7. The number of rotatable bonds is 6. The van der Waals surface area contributed by atoms with E-state index in [4.69, 9.17) is 10.5 Å². The van der Waals surface area contributed by atoms with Crippen molar-refractivity contribution in [3.8, 4) is 0 Å². The Morgan fingerprint density at radius 3 is 2.47 bits per heavy atom. The van der Waals surface area contributed by atoms with Gasteiger partial charge in [-0.25, -0.2) is 0 Å². The maximum atomic E-state index is 11.9. The molecule has 0 aliphatic heterocycles. The van der Waals surface area contributed by atoms with Crippen LogP contribution in [0.25, 0.3) is 0 Å². The molecule has 17 heavy (non-hydrogen) atoms. The summed E-state index contributed by atoms with van der Waals surface area (Å²) in [6, 6.07) is 9.53. The molecule has 0 aliphatic rings. The third-order valence-electron chi connectivity index (χ3n) is 2.66. The lowest BCUT2D eigenvalue weighted by Crippen LogP contribution is -2.24. The Morgan fingerprint density at radius 2 is 1.94 bits per heavy atom. The molecule has 0 aliphatic carbocycles. The first-order chi connectivity index (χ1) is 8.15. The first-order valence-corrected chi connectivity index (χ1v) is 6.06. The number of esters is 1. The summed E-state index contributed by atoms with van der Waals surface area (Å²) >= 11 is 0. The van der Waals surface area contributed by atoms with Gasteiger partial charge in [0.15, 0.2) is 0 Å². The Balaban J connectivity index is 2.53. The number of hydrogen-bond donors (Lipinski definition) is 1. The summed E-state index contributed by atoms with van der Waals surface area (Å²) in [5, 5.41) is 0. The molecule has 1 unspecified atom stereocenters. The van der Waals surface area contributed by atoms with Crippen LogP contribution in [-0.4, -0.2) is 19.1 Å². The Bertz CT molecular complexity index is 335. The summed E-state index contributed by atoms with van der Waals surface area (Å²) < 4.78 is 5.24. The molecule has 94 valence electrons. The third-order valence-corrected chi connectivity index (χ3v) is 2.66. The van der Waals surface area contributed by atoms with Gasteiger partial charge in [-0.1, -0.05) is 44.2 Å². The van der Waals surface area contributed by atoms with E-state index in [1.807, 2.05) is 30.3 Å². The van der Waals surface area contributed by atoms with Gasteiger partial charge in [0.05, 0.1) is 12.5 Å². The SMILES string of the molecule is CC(C)CCOC(=O)C(CN)c1ccccc1. The minimum absolute atomic E-state index is 0.223. The molecular formula is C14H21NO2. The molecule has 1 rings (SSSR count). The maximum absolute atomic E-state index is 11.9. The second-order valence-corrected chi connectivity index (χ2v) is 4.55. The van der Waals surface area contributed by atoms with Crippen LogP contribution in [0.1, 0.15) is 31.7 Å². The molecule has 0 heterocycles. The molecule has 0 aromatic heterocycles. The quantitative estimate of drug-likeness (QED) is 0.770. The van der Waals surface area contributed by atoms with Crippen molar-refractivity contribution < 1.29 is 9.53 Å². The van der Waals surface area contributed by atoms with Crippen molar-refractivity contribution in [2.24, 2.45) is 11.7 Å². The van der Waals surface area contributed by atoms with Crippen molar-refractivity contribution in [2.45, 2.75) is 26.2 Å². The summed E-state index contributed by atoms with van der Waals surface area (Å²) in [6.45, 7) is 4.96. The summed E-state index contributed by atoms with van der Waals surface area (Å²) in [5.74, 6) is -0.0291. The Morgan fingerprint density at radius 1 is 1.29 bits per heavy atom. The number of benzene rings is 1. The second-order valence-electron chi connectivity index (χ2n) is 4.55. The van der Waals surface area contributed by atoms with E-state index < -0.39 is 0 Å². The molecule has 1 aromatic carbocycles. The van der Waals surface area contributed by atoms with Crippen LogP contribution < -0.4 is 5.73 Å². The molecule has 0 fully saturated rings. The number of carbonyl (C=O) groups excluding carboxylic acids is 1. The minimum Gasteiger partial charge on any atom is -0.465 e. The number of ether oxygens (including phenoxy) is 1. The third kappa shape index (κ3) is 4.57. The molecule has 3 nitrogen and oxygen atoms in total. The van der Waals surface area contributed by atoms with Crippen LogP contribution in [0.2, 0.25) is 0 Å². The number of nitrogens with two attached hydrogens (primary N) is 1. The molecule has 0 bridgehead atoms. The van der Waals surface area contributed by atoms with Gasteiger partial charge >= 0.3 is 5.97 Å². The lowest BCUT2D eigenvalue weighted by Gasteiger charge is -2.15. The summed E-state index contributed by atoms with van der Waals surface area (Å²) in [4.78, 5) is 11.9. The van der Waals surface area contributed by atoms with Crippen molar-refractivity contribution in [2.75, 3.05) is 13.2 Å². The van der Waals surface area contributed by atoms with Gasteiger partial charge in [0, 0.05) is 6.54 Å². The molecule has 0 saturated carbocycles. The molecule has 2 N–H and O–H groups in total. The highest BCUT2D eigenvalue weighted by atomic mass is 16.5. The van der Waals surface area contributed by atoms with Gasteiger partial charge in [-0.15, -0.1) is 0 Å². The number of carbonyl (C=O) groups is 1. The van der Waals surface area contributed by atoms with Crippen molar-refractivity contribution in [1.29, 1.82) is 0 Å². The largest absolute Gasteiger partial charge is 0.465 e. The molecule has 1 atom stereocenters. The van der Waals surface area contributed by atoms with E-state index in [0.717, 1.165) is 12.0 Å². The lowest BCUT2D eigenvalue weighted by molar-refractivity contribution is -0.145. The van der Waals surface area contributed by atoms with Gasteiger partial charge in [-0.05, 0) is 17.9 Å². The second kappa shape index (κ2) is 7.07. The highest BCUT2D eigenvalue weighted by Crippen LogP contribution is 2.16. The molecule has 0 saturated heterocycles. The van der Waals surface area contributed by atoms with Gasteiger partial charge in [-0.2, -0.15) is 0 Å². The molecule has 0 amide bonds. The molecule has 1 aromatic rings. The average Bonchev–Trinajstić information content (AvgIpc) is 2.31. The van der Waals surface area contributed by atoms with Gasteiger partial charge in [0.2, 0.25) is 0 Å². The van der Waals surface area contributed by atoms with Crippen molar-refractivity contribution >= 4 is 5.97 Å². The van der Waals surface area contributed by atoms with Crippen LogP contribution in [0.15, 0.2) is 30.3 Å². The van der Waals surface area contributed by atoms with Crippen LogP contribution in [-0.2, 0) is 9.53 Å². The highest BCUT2D eigenvalue weighted by Gasteiger charge is 2.20. The van der Waals surface area contributed by atoms with Crippen LogP contribution in [0.3, 0.4) is 0 Å². The zero-order valence-electron chi connectivity index (χ0n) is 10.6. The van der Waals surface area contributed by atoms with E-state index in [0.29, 0.717) is 12.5 Å². The monoisotopic (exact) mass is 235 g/mol. The Kier molecular flexibility index (Phi) is 5.70. The van der Waals surface area contributed by atoms with Crippen molar-refractivity contribution in [1.82, 2.24) is 0 Å². The fourth-order valence-corrected chi connectivity index (χ4v) is 1.55. The predicted molar refractivity (Wildman–Crippen MR) is 68.7 cm³/mol. The number of hydrogen-bond acceptors (Lipinski definition) is 3. The molecule has 0 spiro atoms. The van der Waals surface area contributed by atoms with Crippen molar-refractivity contribution in [3.05, 3.63) is 35.9 Å². The predicted octanol–water partition coefficient (Wildman–Crippen LogP) is 2.32. The van der Waals surface area contributed by atoms with Gasteiger partial charge in [-0.3, -0.25) is 4.79 Å². The first kappa shape index (κ1) is 13.7. The van der Waals surface area contributed by atoms with E-state index in [9.17, 15) is 4.79 Å². The van der Waals surface area contributed by atoms with E-state index >= 15 is 0 Å². The average molecular weight is 235 g/mol. The Labute approximate surface area is 103 Å². The Hall–Kier alpha value is -1.35. The van der Waals surface area contributed by atoms with E-state index in [1.54, 1.807) is 0 Å². The summed E-state index contributed by atoms with van der Waals surface area (Å²) in [5.41, 5.74) is 6.56. The van der Waals surface area contributed by atoms with Gasteiger partial charge < -0.3 is 10.5 Å². The highest BCUT2D eigenvalue weighted by molar-refractivity contribution is 5.78. The smallest absolute Gasteiger partial charge is 0.314 e. The van der Waals surface area contributed by atoms with E-state index in [-0.39, 0.29) is 18.4 Å². The van der Waals surface area contributed by atoms with Crippen molar-refractivity contribution in [3.63, 3.8) is 0 Å². The van der Waals surface area contributed by atoms with E-state index in [1.165, 1.54) is 0 Å². The van der Waals surface area contributed by atoms with Gasteiger partial charge in [0.1, 0.15) is 0 Å². The lowest BCUT2D eigenvalue weighted by atomic mass is 10.00. The topological polar surface area (TPSA) is 52.3 Å². The molecule has 0 radical (unpaired) electrons. The zero-order valence-corrected chi connectivity index (χ0v) is 10.6. The van der Waals surface area contributed by atoms with Crippen LogP contribution in [0.5, 0.6) is 0 Å². The fourth-order valence-electron chi connectivity index (χ4n) is 1.55. The standard InChI is InChI=1S/C14H21NO2/c1-11(2)8-9-17-14(16)13(10-15)12-6-4-3-5-7-12/h3-7,11,13H,8-10,15H2,1-2H3. The van der Waals surface area contributed by atoms with Crippen LogP contribution in [0.4, 0.5) is 0 Å². The summed E-state index contributed by atoms with van der Waals surface area (Å²) in [6.07, 6.45) is 0.887. The first-order valence-electron chi connectivity index (χ1n) is 6.06. The minimum atomic E-state index is -0.344. The van der Waals surface area contributed by atoms with Crippen LogP contribution in [0, 0.1) is 5.92 Å². The molecule has 3 heteroatoms. The normalized spacial score (nSPS) is 12.5. The van der Waals surface area contributed by atoms with E-state index in [2.05, 4.69) is 13.8 Å².